The molecule has 0 radical (unpaired) electrons. The lowest BCUT2D eigenvalue weighted by Crippen LogP contribution is -2.63. The topological polar surface area (TPSA) is 54.5 Å². The number of methoxy groups -OCH3 is 1. The third-order valence-corrected chi connectivity index (χ3v) is 14.8. The quantitative estimate of drug-likeness (QED) is 0.0763. The van der Waals surface area contributed by atoms with Gasteiger partial charge in [0.1, 0.15) is 10.5 Å². The van der Waals surface area contributed by atoms with Crippen molar-refractivity contribution in [2.24, 2.45) is 11.8 Å². The predicted octanol–water partition coefficient (Wildman–Crippen LogP) is 13.3. The summed E-state index contributed by atoms with van der Waals surface area (Å²) in [7, 11) is 1.74. The lowest BCUT2D eigenvalue weighted by Gasteiger charge is -2.56. The average Bonchev–Trinajstić information content (AvgIpc) is 3.23. The number of pyridine rings is 1. The summed E-state index contributed by atoms with van der Waals surface area (Å²) in [4.78, 5) is 23.6. The van der Waals surface area contributed by atoms with Crippen LogP contribution in [0, 0.1) is 11.8 Å². The van der Waals surface area contributed by atoms with Crippen molar-refractivity contribution in [2.45, 2.75) is 152 Å². The van der Waals surface area contributed by atoms with Gasteiger partial charge in [-0.2, -0.15) is 0 Å². The number of ether oxygens (including phenoxy) is 1. The SMILES string of the molecule is CCCCCCCCCCC(CCCCCCC)S[C@](C(=O)Nc1cccc2ccccc12)(c1ccnc2ccc(OC)cc12)[C@@H]1C[C@@H]2CCN1C[C@@H]2CC. The monoisotopic (exact) mass is 764 g/mol. The number of aromatic nitrogens is 1. The van der Waals surface area contributed by atoms with E-state index >= 15 is 4.79 Å². The van der Waals surface area contributed by atoms with Gasteiger partial charge in [-0.1, -0.05) is 147 Å². The van der Waals surface area contributed by atoms with E-state index in [4.69, 9.17) is 9.72 Å². The van der Waals surface area contributed by atoms with Crippen molar-refractivity contribution >= 4 is 45.0 Å². The van der Waals surface area contributed by atoms with Crippen LogP contribution in [0.15, 0.2) is 72.9 Å². The van der Waals surface area contributed by atoms with Gasteiger partial charge in [-0.3, -0.25) is 14.7 Å². The third kappa shape index (κ3) is 10.1. The minimum Gasteiger partial charge on any atom is -0.497 e. The molecule has 7 rings (SSSR count). The molecule has 4 aromatic rings. The standard InChI is InChI=1S/C49H69N3O2S/c1-5-8-10-12-13-14-16-18-25-41(24-17-15-11-9-6-2)55-49(47-34-39-31-33-52(47)36-37(39)7-3,44-30-32-50-45-29-28-40(54-4)35-43(44)45)48(53)51-46-27-21-23-38-22-19-20-26-42(38)46/h19-23,26-30,32,35,37,39,41,47H,5-18,24-25,31,33-34,36H2,1-4H3,(H,51,53)/t37-,39-,41?,47-,49+/m0/s1. The summed E-state index contributed by atoms with van der Waals surface area (Å²) in [5.41, 5.74) is 2.91. The van der Waals surface area contributed by atoms with Crippen LogP contribution in [0.2, 0.25) is 0 Å². The summed E-state index contributed by atoms with van der Waals surface area (Å²) in [5.74, 6) is 2.24. The number of rotatable bonds is 23. The first-order valence-corrected chi connectivity index (χ1v) is 23.0. The van der Waals surface area contributed by atoms with Crippen molar-refractivity contribution in [3.8, 4) is 5.75 Å². The second-order valence-electron chi connectivity index (χ2n) is 16.6. The molecule has 4 heterocycles. The van der Waals surface area contributed by atoms with Crippen LogP contribution in [0.25, 0.3) is 21.7 Å². The molecule has 55 heavy (non-hydrogen) atoms. The molecule has 3 aromatic carbocycles. The minimum absolute atomic E-state index is 0.0759. The molecule has 0 saturated carbocycles. The van der Waals surface area contributed by atoms with Crippen LogP contribution in [0.5, 0.6) is 5.75 Å². The van der Waals surface area contributed by atoms with E-state index in [1.165, 1.54) is 96.3 Å². The fourth-order valence-corrected chi connectivity index (χ4v) is 11.8. The minimum atomic E-state index is -0.851. The highest BCUT2D eigenvalue weighted by Crippen LogP contribution is 2.55. The smallest absolute Gasteiger partial charge is 0.246 e. The van der Waals surface area contributed by atoms with Crippen molar-refractivity contribution in [2.75, 3.05) is 25.5 Å². The Hall–Kier alpha value is -3.09. The molecule has 0 aliphatic carbocycles. The number of unbranched alkanes of at least 4 members (excludes halogenated alkanes) is 11. The Labute approximate surface area is 337 Å². The van der Waals surface area contributed by atoms with E-state index in [-0.39, 0.29) is 11.9 Å². The third-order valence-electron chi connectivity index (χ3n) is 13.0. The van der Waals surface area contributed by atoms with E-state index in [9.17, 15) is 0 Å². The highest BCUT2D eigenvalue weighted by Gasteiger charge is 2.56. The molecule has 1 amide bonds. The molecule has 1 N–H and O–H groups in total. The van der Waals surface area contributed by atoms with Crippen LogP contribution in [0.1, 0.15) is 142 Å². The van der Waals surface area contributed by atoms with Crippen molar-refractivity contribution < 1.29 is 9.53 Å². The van der Waals surface area contributed by atoms with Crippen molar-refractivity contribution in [3.05, 3.63) is 78.5 Å². The number of nitrogens with zero attached hydrogens (tertiary/aromatic N) is 2. The molecule has 3 aliphatic heterocycles. The fraction of sp³-hybridized carbons (Fsp3) is 0.592. The van der Waals surface area contributed by atoms with Gasteiger partial charge < -0.3 is 10.1 Å². The number of anilines is 1. The van der Waals surface area contributed by atoms with Gasteiger partial charge >= 0.3 is 0 Å². The van der Waals surface area contributed by atoms with E-state index < -0.39 is 4.75 Å². The number of nitrogens with one attached hydrogen (secondary N) is 1. The van der Waals surface area contributed by atoms with Crippen molar-refractivity contribution in [1.82, 2.24) is 9.88 Å². The molecule has 298 valence electrons. The van der Waals surface area contributed by atoms with Crippen LogP contribution >= 0.6 is 11.8 Å². The summed E-state index contributed by atoms with van der Waals surface area (Å²) in [6.45, 7) is 9.08. The Kier molecular flexibility index (Phi) is 15.8. The van der Waals surface area contributed by atoms with E-state index in [1.807, 2.05) is 24.0 Å². The zero-order valence-corrected chi connectivity index (χ0v) is 35.3. The van der Waals surface area contributed by atoms with Gasteiger partial charge in [-0.25, -0.2) is 0 Å². The van der Waals surface area contributed by atoms with Crippen LogP contribution in [-0.4, -0.2) is 47.3 Å². The van der Waals surface area contributed by atoms with Crippen molar-refractivity contribution in [3.63, 3.8) is 0 Å². The number of carbonyl (C=O) groups is 1. The Balaban J connectivity index is 1.45. The number of hydrogen-bond acceptors (Lipinski definition) is 5. The maximum atomic E-state index is 16.0. The maximum absolute atomic E-state index is 16.0. The number of carbonyl (C=O) groups excluding carboxylic acids is 1. The van der Waals surface area contributed by atoms with Crippen LogP contribution < -0.4 is 10.1 Å². The van der Waals surface area contributed by atoms with Gasteiger partial charge in [-0.05, 0) is 85.3 Å². The Morgan fingerprint density at radius 1 is 0.855 bits per heavy atom. The first kappa shape index (κ1) is 41.5. The molecule has 2 unspecified atom stereocenters. The lowest BCUT2D eigenvalue weighted by molar-refractivity contribution is -0.123. The number of thioether (sulfide) groups is 1. The first-order valence-electron chi connectivity index (χ1n) is 22.2. The zero-order chi connectivity index (χ0) is 38.5. The Morgan fingerprint density at radius 2 is 1.55 bits per heavy atom. The largest absolute Gasteiger partial charge is 0.497 e. The number of benzene rings is 3. The Bertz CT molecular complexity index is 1790. The summed E-state index contributed by atoms with van der Waals surface area (Å²) in [6.07, 6.45) is 24.6. The number of fused-ring (bicyclic) bond motifs is 5. The molecule has 6 atom stereocenters. The molecule has 6 heteroatoms. The molecule has 3 aliphatic rings. The average molecular weight is 764 g/mol. The van der Waals surface area contributed by atoms with Crippen LogP contribution in [0.3, 0.4) is 0 Å². The molecule has 3 fully saturated rings. The summed E-state index contributed by atoms with van der Waals surface area (Å²) >= 11 is 2.02. The highest BCUT2D eigenvalue weighted by molar-refractivity contribution is 8.01. The van der Waals surface area contributed by atoms with E-state index in [2.05, 4.69) is 91.7 Å². The van der Waals surface area contributed by atoms with Gasteiger partial charge in [-0.15, -0.1) is 11.8 Å². The molecular weight excluding hydrogens is 695 g/mol. The molecule has 0 spiro atoms. The number of hydrogen-bond donors (Lipinski definition) is 1. The molecule has 3 saturated heterocycles. The van der Waals surface area contributed by atoms with E-state index in [1.54, 1.807) is 7.11 Å². The van der Waals surface area contributed by atoms with Gasteiger partial charge in [0.2, 0.25) is 5.91 Å². The molecule has 2 bridgehead atoms. The van der Waals surface area contributed by atoms with Gasteiger partial charge in [0.25, 0.3) is 0 Å². The van der Waals surface area contributed by atoms with Crippen LogP contribution in [-0.2, 0) is 9.54 Å². The van der Waals surface area contributed by atoms with Gasteiger partial charge in [0, 0.05) is 40.5 Å². The second-order valence-corrected chi connectivity index (χ2v) is 18.2. The lowest BCUT2D eigenvalue weighted by atomic mass is 9.69. The van der Waals surface area contributed by atoms with E-state index in [0.29, 0.717) is 17.1 Å². The Morgan fingerprint density at radius 3 is 2.22 bits per heavy atom. The number of piperidine rings is 3. The maximum Gasteiger partial charge on any atom is 0.246 e. The summed E-state index contributed by atoms with van der Waals surface area (Å²) < 4.78 is 4.99. The van der Waals surface area contributed by atoms with Gasteiger partial charge in [0.05, 0.1) is 12.6 Å². The first-order chi connectivity index (χ1) is 27.0. The normalized spacial score (nSPS) is 21.1. The number of amides is 1. The molecular formula is C49H69N3O2S. The predicted molar refractivity (Wildman–Crippen MR) is 236 cm³/mol. The van der Waals surface area contributed by atoms with E-state index in [0.717, 1.165) is 71.0 Å². The zero-order valence-electron chi connectivity index (χ0n) is 34.5. The van der Waals surface area contributed by atoms with Crippen molar-refractivity contribution in [1.29, 1.82) is 0 Å². The van der Waals surface area contributed by atoms with Gasteiger partial charge in [0.15, 0.2) is 0 Å². The molecule has 1 aromatic heterocycles. The van der Waals surface area contributed by atoms with Crippen LogP contribution in [0.4, 0.5) is 5.69 Å². The highest BCUT2D eigenvalue weighted by atomic mass is 32.2. The molecule has 5 nitrogen and oxygen atoms in total. The second kappa shape index (κ2) is 20.9. The fourth-order valence-electron chi connectivity index (χ4n) is 9.80. The summed E-state index contributed by atoms with van der Waals surface area (Å²) in [5, 5.41) is 7.28. The summed E-state index contributed by atoms with van der Waals surface area (Å²) in [6, 6.07) is 23.2.